The summed E-state index contributed by atoms with van der Waals surface area (Å²) in [6.07, 6.45) is 3.60. The number of pyridine rings is 1. The number of fused-ring (bicyclic) bond motifs is 1. The molecule has 2 heterocycles. The maximum atomic E-state index is 12.7. The zero-order chi connectivity index (χ0) is 21.8. The number of hydrogen-bond donors (Lipinski definition) is 2. The first-order valence-electron chi connectivity index (χ1n) is 9.75. The van der Waals surface area contributed by atoms with Crippen molar-refractivity contribution in [1.29, 1.82) is 0 Å². The van der Waals surface area contributed by atoms with E-state index in [0.717, 1.165) is 16.2 Å². The number of rotatable bonds is 6. The van der Waals surface area contributed by atoms with Gasteiger partial charge < -0.3 is 14.9 Å². The van der Waals surface area contributed by atoms with Crippen molar-refractivity contribution in [3.8, 4) is 0 Å². The second-order valence-corrected chi connectivity index (χ2v) is 7.91. The molecule has 0 saturated carbocycles. The van der Waals surface area contributed by atoms with Gasteiger partial charge in [0, 0.05) is 40.8 Å². The molecule has 0 aliphatic carbocycles. The highest BCUT2D eigenvalue weighted by Crippen LogP contribution is 2.24. The lowest BCUT2D eigenvalue weighted by Crippen LogP contribution is -2.36. The van der Waals surface area contributed by atoms with Crippen LogP contribution in [0.2, 0.25) is 0 Å². The highest BCUT2D eigenvalue weighted by molar-refractivity contribution is 7.98. The number of carbonyl (C=O) groups is 1. The molecule has 4 aromatic rings. The van der Waals surface area contributed by atoms with Gasteiger partial charge in [-0.3, -0.25) is 19.4 Å². The maximum absolute atomic E-state index is 12.7. The van der Waals surface area contributed by atoms with Crippen molar-refractivity contribution >= 4 is 34.4 Å². The van der Waals surface area contributed by atoms with Crippen molar-refractivity contribution in [1.82, 2.24) is 14.5 Å². The van der Waals surface area contributed by atoms with Crippen LogP contribution < -0.4 is 16.4 Å². The number of nitrogens with zero attached hydrogens (tertiary/aromatic N) is 2. The van der Waals surface area contributed by atoms with Gasteiger partial charge in [-0.2, -0.15) is 0 Å². The lowest BCUT2D eigenvalue weighted by atomic mass is 10.1. The number of thioether (sulfide) groups is 1. The van der Waals surface area contributed by atoms with E-state index < -0.39 is 11.1 Å². The Morgan fingerprint density at radius 1 is 1.13 bits per heavy atom. The van der Waals surface area contributed by atoms with E-state index in [2.05, 4.69) is 15.3 Å². The Bertz CT molecular complexity index is 1350. The van der Waals surface area contributed by atoms with Gasteiger partial charge in [0.15, 0.2) is 0 Å². The Morgan fingerprint density at radius 2 is 1.94 bits per heavy atom. The van der Waals surface area contributed by atoms with Gasteiger partial charge in [0.25, 0.3) is 5.91 Å². The first kappa shape index (κ1) is 20.6. The molecular weight excluding hydrogens is 412 g/mol. The minimum absolute atomic E-state index is 0.298. The van der Waals surface area contributed by atoms with Crippen molar-refractivity contribution in [2.75, 3.05) is 5.32 Å². The number of amides is 1. The molecule has 7 nitrogen and oxygen atoms in total. The zero-order valence-electron chi connectivity index (χ0n) is 16.8. The van der Waals surface area contributed by atoms with Gasteiger partial charge in [0.1, 0.15) is 0 Å². The number of aryl methyl sites for hydroxylation is 1. The predicted octanol–water partition coefficient (Wildman–Crippen LogP) is 3.65. The minimum atomic E-state index is -0.703. The second kappa shape index (κ2) is 9.01. The van der Waals surface area contributed by atoms with Crippen LogP contribution in [0.25, 0.3) is 11.0 Å². The van der Waals surface area contributed by atoms with Crippen molar-refractivity contribution < 1.29 is 4.79 Å². The van der Waals surface area contributed by atoms with Crippen LogP contribution in [0.5, 0.6) is 0 Å². The standard InChI is InChI=1S/C23H20N4O3S/c1-2-27-20-10-5-16(12-19(20)26-22(29)23(27)30)21(28)25-17-6-8-18(9-7-17)31-14-15-4-3-11-24-13-15/h3-13H,2,14H2,1H3,(H,25,28)(H,26,29). The Kier molecular flexibility index (Phi) is 5.99. The van der Waals surface area contributed by atoms with Gasteiger partial charge in [0.05, 0.1) is 11.0 Å². The molecule has 0 atom stereocenters. The molecule has 0 saturated heterocycles. The molecular formula is C23H20N4O3S. The Balaban J connectivity index is 1.47. The molecule has 4 rings (SSSR count). The minimum Gasteiger partial charge on any atom is -0.322 e. The summed E-state index contributed by atoms with van der Waals surface area (Å²) in [5.74, 6) is 0.519. The fraction of sp³-hybridized carbons (Fsp3) is 0.130. The number of carbonyl (C=O) groups excluding carboxylic acids is 1. The van der Waals surface area contributed by atoms with E-state index in [-0.39, 0.29) is 5.91 Å². The smallest absolute Gasteiger partial charge is 0.316 e. The first-order chi connectivity index (χ1) is 15.0. The summed E-state index contributed by atoms with van der Waals surface area (Å²) in [5.41, 5.74) is 1.93. The summed E-state index contributed by atoms with van der Waals surface area (Å²) in [6.45, 7) is 2.16. The molecule has 0 bridgehead atoms. The summed E-state index contributed by atoms with van der Waals surface area (Å²) in [4.78, 5) is 44.3. The van der Waals surface area contributed by atoms with Crippen molar-refractivity contribution in [2.45, 2.75) is 24.1 Å². The van der Waals surface area contributed by atoms with E-state index in [9.17, 15) is 14.4 Å². The molecule has 31 heavy (non-hydrogen) atoms. The Morgan fingerprint density at radius 3 is 2.65 bits per heavy atom. The number of hydrogen-bond acceptors (Lipinski definition) is 5. The molecule has 2 N–H and O–H groups in total. The number of anilines is 1. The molecule has 0 aliphatic rings. The van der Waals surface area contributed by atoms with Gasteiger partial charge in [-0.05, 0) is 61.0 Å². The molecule has 8 heteroatoms. The normalized spacial score (nSPS) is 10.9. The molecule has 0 aliphatic heterocycles. The topological polar surface area (TPSA) is 96.9 Å². The van der Waals surface area contributed by atoms with Crippen LogP contribution in [-0.2, 0) is 12.3 Å². The summed E-state index contributed by atoms with van der Waals surface area (Å²) in [6, 6.07) is 16.4. The number of H-pyrrole nitrogens is 1. The third-order valence-corrected chi connectivity index (χ3v) is 5.88. The summed E-state index contributed by atoms with van der Waals surface area (Å²) in [5, 5.41) is 2.86. The predicted molar refractivity (Wildman–Crippen MR) is 123 cm³/mol. The zero-order valence-corrected chi connectivity index (χ0v) is 17.6. The SMILES string of the molecule is CCn1c(=O)c(=O)[nH]c2cc(C(=O)Nc3ccc(SCc4cccnc4)cc3)ccc21. The van der Waals surface area contributed by atoms with Crippen LogP contribution in [0, 0.1) is 0 Å². The Hall–Kier alpha value is -3.65. The number of aromatic nitrogens is 3. The average Bonchev–Trinajstić information content (AvgIpc) is 2.80. The molecule has 0 radical (unpaired) electrons. The first-order valence-corrected chi connectivity index (χ1v) is 10.7. The van der Waals surface area contributed by atoms with E-state index >= 15 is 0 Å². The molecule has 2 aromatic carbocycles. The number of nitrogens with one attached hydrogen (secondary N) is 2. The van der Waals surface area contributed by atoms with Crippen LogP contribution >= 0.6 is 11.8 Å². The molecule has 0 fully saturated rings. The van der Waals surface area contributed by atoms with E-state index in [1.165, 1.54) is 4.57 Å². The van der Waals surface area contributed by atoms with Crippen LogP contribution in [-0.4, -0.2) is 20.4 Å². The van der Waals surface area contributed by atoms with Crippen molar-refractivity contribution in [2.24, 2.45) is 0 Å². The summed E-state index contributed by atoms with van der Waals surface area (Å²) >= 11 is 1.69. The monoisotopic (exact) mass is 432 g/mol. The van der Waals surface area contributed by atoms with E-state index in [1.54, 1.807) is 43.1 Å². The van der Waals surface area contributed by atoms with Crippen molar-refractivity contribution in [3.05, 3.63) is 98.8 Å². The van der Waals surface area contributed by atoms with Crippen LogP contribution in [0.15, 0.2) is 81.5 Å². The fourth-order valence-electron chi connectivity index (χ4n) is 3.22. The largest absolute Gasteiger partial charge is 0.322 e. The quantitative estimate of drug-likeness (QED) is 0.358. The molecule has 1 amide bonds. The summed E-state index contributed by atoms with van der Waals surface area (Å²) < 4.78 is 1.39. The fourth-order valence-corrected chi connectivity index (χ4v) is 4.06. The molecule has 0 unspecified atom stereocenters. The lowest BCUT2D eigenvalue weighted by molar-refractivity contribution is 0.102. The van der Waals surface area contributed by atoms with E-state index in [0.29, 0.717) is 28.8 Å². The third kappa shape index (κ3) is 4.59. The van der Waals surface area contributed by atoms with Crippen LogP contribution in [0.4, 0.5) is 5.69 Å². The highest BCUT2D eigenvalue weighted by Gasteiger charge is 2.11. The molecule has 156 valence electrons. The summed E-state index contributed by atoms with van der Waals surface area (Å²) in [7, 11) is 0. The van der Waals surface area contributed by atoms with Gasteiger partial charge in [0.2, 0.25) is 0 Å². The second-order valence-electron chi connectivity index (χ2n) is 6.86. The number of aromatic amines is 1. The maximum Gasteiger partial charge on any atom is 0.316 e. The highest BCUT2D eigenvalue weighted by atomic mass is 32.2. The van der Waals surface area contributed by atoms with Gasteiger partial charge in [-0.15, -0.1) is 11.8 Å². The number of benzene rings is 2. The van der Waals surface area contributed by atoms with Crippen molar-refractivity contribution in [3.63, 3.8) is 0 Å². The van der Waals surface area contributed by atoms with Gasteiger partial charge in [-0.1, -0.05) is 6.07 Å². The molecule has 2 aromatic heterocycles. The average molecular weight is 433 g/mol. The van der Waals surface area contributed by atoms with Gasteiger partial charge in [-0.25, -0.2) is 0 Å². The van der Waals surface area contributed by atoms with E-state index in [1.807, 2.05) is 42.6 Å². The molecule has 0 spiro atoms. The third-order valence-electron chi connectivity index (χ3n) is 4.79. The van der Waals surface area contributed by atoms with Gasteiger partial charge >= 0.3 is 11.1 Å². The van der Waals surface area contributed by atoms with E-state index in [4.69, 9.17) is 0 Å². The van der Waals surface area contributed by atoms with Crippen LogP contribution in [0.1, 0.15) is 22.8 Å². The Labute approximate surface area is 182 Å². The van der Waals surface area contributed by atoms with Crippen LogP contribution in [0.3, 0.4) is 0 Å². The lowest BCUT2D eigenvalue weighted by Gasteiger charge is -2.10.